The lowest BCUT2D eigenvalue weighted by Gasteiger charge is -2.19. The van der Waals surface area contributed by atoms with Gasteiger partial charge in [0.15, 0.2) is 6.10 Å². The summed E-state index contributed by atoms with van der Waals surface area (Å²) in [6.45, 7) is 3.64. The third-order valence-electron chi connectivity index (χ3n) is 15.0. The van der Waals surface area contributed by atoms with Gasteiger partial charge in [0.25, 0.3) is 0 Å². The first-order chi connectivity index (χ1) is 40.8. The highest BCUT2D eigenvalue weighted by molar-refractivity contribution is 7.47. The summed E-state index contributed by atoms with van der Waals surface area (Å²) in [6.07, 6.45) is 92.2. The molecule has 3 N–H and O–H groups in total. The molecule has 2 unspecified atom stereocenters. The molecule has 0 saturated carbocycles. The number of carbonyl (C=O) groups is 2. The average molecular weight is 1180 g/mol. The first kappa shape index (κ1) is 79.9. The molecule has 0 rings (SSSR count). The van der Waals surface area contributed by atoms with Gasteiger partial charge in [-0.2, -0.15) is 0 Å². The van der Waals surface area contributed by atoms with Crippen LogP contribution in [-0.2, 0) is 32.7 Å². The summed E-state index contributed by atoms with van der Waals surface area (Å²) in [7, 11) is -4.40. The summed E-state index contributed by atoms with van der Waals surface area (Å²) in [5.74, 6) is -0.827. The molecule has 9 nitrogen and oxygen atoms in total. The van der Waals surface area contributed by atoms with Crippen molar-refractivity contribution in [3.05, 3.63) is 97.2 Å². The van der Waals surface area contributed by atoms with Crippen LogP contribution in [0.1, 0.15) is 322 Å². The number of carbonyl (C=O) groups excluding carboxylic acids is 2. The maximum atomic E-state index is 12.7. The van der Waals surface area contributed by atoms with Crippen molar-refractivity contribution in [2.45, 2.75) is 328 Å². The van der Waals surface area contributed by atoms with Gasteiger partial charge in [0.05, 0.1) is 13.2 Å². The van der Waals surface area contributed by atoms with Gasteiger partial charge in [0.2, 0.25) is 0 Å². The van der Waals surface area contributed by atoms with E-state index in [9.17, 15) is 19.0 Å². The van der Waals surface area contributed by atoms with Crippen LogP contribution in [0.3, 0.4) is 0 Å². The van der Waals surface area contributed by atoms with Gasteiger partial charge in [-0.3, -0.25) is 18.6 Å². The number of phosphoric acid groups is 1. The Bertz CT molecular complexity index is 1680. The van der Waals surface area contributed by atoms with E-state index in [0.717, 1.165) is 89.9 Å². The minimum Gasteiger partial charge on any atom is -0.462 e. The van der Waals surface area contributed by atoms with Crippen LogP contribution >= 0.6 is 7.82 Å². The first-order valence-corrected chi connectivity index (χ1v) is 36.2. The van der Waals surface area contributed by atoms with E-state index < -0.39 is 26.5 Å². The van der Waals surface area contributed by atoms with Crippen molar-refractivity contribution in [3.8, 4) is 0 Å². The highest BCUT2D eigenvalue weighted by Crippen LogP contribution is 2.43. The molecule has 0 spiro atoms. The zero-order valence-electron chi connectivity index (χ0n) is 53.9. The van der Waals surface area contributed by atoms with Gasteiger partial charge in [-0.15, -0.1) is 0 Å². The molecule has 0 aliphatic carbocycles. The van der Waals surface area contributed by atoms with Crippen molar-refractivity contribution in [3.63, 3.8) is 0 Å². The number of nitrogens with two attached hydrogens (primary N) is 1. The third kappa shape index (κ3) is 67.9. The molecule has 10 heteroatoms. The molecule has 0 aromatic heterocycles. The van der Waals surface area contributed by atoms with E-state index in [0.29, 0.717) is 6.42 Å². The number of hydrogen-bond acceptors (Lipinski definition) is 8. The molecule has 2 atom stereocenters. The molecular weight excluding hydrogens is 1050 g/mol. The number of phosphoric ester groups is 1. The summed E-state index contributed by atoms with van der Waals surface area (Å²) in [4.78, 5) is 35.3. The van der Waals surface area contributed by atoms with Crippen molar-refractivity contribution >= 4 is 19.8 Å². The zero-order valence-corrected chi connectivity index (χ0v) is 54.8. The fourth-order valence-electron chi connectivity index (χ4n) is 9.85. The normalized spacial score (nSPS) is 13.5. The molecule has 0 radical (unpaired) electrons. The number of ether oxygens (including phenoxy) is 2. The number of rotatable bonds is 65. The average Bonchev–Trinajstić information content (AvgIpc) is 3.49. The van der Waals surface area contributed by atoms with Gasteiger partial charge < -0.3 is 20.1 Å². The summed E-state index contributed by atoms with van der Waals surface area (Å²) < 4.78 is 33.2. The lowest BCUT2D eigenvalue weighted by Crippen LogP contribution is -2.29. The second kappa shape index (κ2) is 68.0. The molecule has 480 valence electrons. The van der Waals surface area contributed by atoms with Gasteiger partial charge in [0, 0.05) is 19.4 Å². The van der Waals surface area contributed by atoms with E-state index in [1.807, 2.05) is 0 Å². The number of allylic oxidation sites excluding steroid dienone is 16. The summed E-state index contributed by atoms with van der Waals surface area (Å²) in [5, 5.41) is 0. The highest BCUT2D eigenvalue weighted by Gasteiger charge is 2.26. The van der Waals surface area contributed by atoms with E-state index in [-0.39, 0.29) is 38.6 Å². The van der Waals surface area contributed by atoms with Crippen LogP contribution in [0.15, 0.2) is 97.2 Å². The Balaban J connectivity index is 3.85. The third-order valence-corrected chi connectivity index (χ3v) is 15.9. The van der Waals surface area contributed by atoms with Crippen LogP contribution in [0.2, 0.25) is 0 Å². The van der Waals surface area contributed by atoms with E-state index in [1.165, 1.54) is 199 Å². The molecular formula is C73H130NO8P. The molecule has 0 heterocycles. The monoisotopic (exact) mass is 1180 g/mol. The molecule has 0 aliphatic heterocycles. The van der Waals surface area contributed by atoms with Crippen molar-refractivity contribution < 1.29 is 37.6 Å². The van der Waals surface area contributed by atoms with Gasteiger partial charge in [-0.1, -0.05) is 310 Å². The predicted octanol–water partition coefficient (Wildman–Crippen LogP) is 22.7. The lowest BCUT2D eigenvalue weighted by molar-refractivity contribution is -0.161. The fourth-order valence-corrected chi connectivity index (χ4v) is 10.6. The predicted molar refractivity (Wildman–Crippen MR) is 358 cm³/mol. The Morgan fingerprint density at radius 2 is 0.663 bits per heavy atom. The van der Waals surface area contributed by atoms with E-state index >= 15 is 0 Å². The highest BCUT2D eigenvalue weighted by atomic mass is 31.2. The SMILES string of the molecule is CC/C=C\C/C=C\C/C=C\C/C=C\C/C=C\CCCCCCCCCCCC(=O)OC(COC(=O)CCCCCCCCCCCCCCCCCCCCCCCC/C=C\C/C=C\C/C=C\CCCCCCC)COP(=O)(O)OCCN. The van der Waals surface area contributed by atoms with Crippen molar-refractivity contribution in [1.82, 2.24) is 0 Å². The topological polar surface area (TPSA) is 134 Å². The summed E-state index contributed by atoms with van der Waals surface area (Å²) >= 11 is 0. The Hall–Kier alpha value is -3.07. The van der Waals surface area contributed by atoms with Crippen LogP contribution < -0.4 is 5.73 Å². The second-order valence-electron chi connectivity index (χ2n) is 23.0. The summed E-state index contributed by atoms with van der Waals surface area (Å²) in [5.41, 5.74) is 5.40. The molecule has 0 aromatic carbocycles. The van der Waals surface area contributed by atoms with Crippen LogP contribution in [0, 0.1) is 0 Å². The Morgan fingerprint density at radius 3 is 0.988 bits per heavy atom. The quantitative estimate of drug-likeness (QED) is 0.0264. The minimum absolute atomic E-state index is 0.0497. The van der Waals surface area contributed by atoms with Crippen LogP contribution in [0.25, 0.3) is 0 Å². The number of esters is 2. The number of unbranched alkanes of at least 4 members (excludes halogenated alkanes) is 36. The van der Waals surface area contributed by atoms with Crippen LogP contribution in [-0.4, -0.2) is 49.3 Å². The van der Waals surface area contributed by atoms with E-state index in [1.54, 1.807) is 0 Å². The van der Waals surface area contributed by atoms with Gasteiger partial charge >= 0.3 is 19.8 Å². The largest absolute Gasteiger partial charge is 0.472 e. The van der Waals surface area contributed by atoms with E-state index in [4.69, 9.17) is 24.3 Å². The standard InChI is InChI=1S/C73H130NO8P/c1-3-5-7-9-11-13-15-17-19-21-23-25-27-29-30-31-32-33-34-35-36-37-38-39-40-42-43-45-47-49-51-53-55-57-59-61-63-65-72(75)79-69-71(70-81-83(77,78)80-68-67-74)82-73(76)66-64-62-60-58-56-54-52-50-48-46-44-41-28-26-24-22-20-18-16-14-12-10-8-6-4-2/h6,8,12,14-15,17-18,20-21,23-24,26-27,29,41,44,71H,3-5,7,9-11,13,16,19,22,25,28,30-40,42-43,45-70,74H2,1-2H3,(H,77,78)/b8-6-,14-12-,17-15-,20-18-,23-21-,26-24-,29-27-,44-41-. The van der Waals surface area contributed by atoms with Crippen molar-refractivity contribution in [1.29, 1.82) is 0 Å². The maximum Gasteiger partial charge on any atom is 0.472 e. The molecule has 0 aliphatic rings. The van der Waals surface area contributed by atoms with Crippen LogP contribution in [0.5, 0.6) is 0 Å². The minimum atomic E-state index is -4.40. The Morgan fingerprint density at radius 1 is 0.373 bits per heavy atom. The molecule has 0 amide bonds. The lowest BCUT2D eigenvalue weighted by atomic mass is 10.0. The zero-order chi connectivity index (χ0) is 60.1. The molecule has 0 aromatic rings. The maximum absolute atomic E-state index is 12.7. The Labute approximate surface area is 512 Å². The molecule has 0 bridgehead atoms. The van der Waals surface area contributed by atoms with Gasteiger partial charge in [-0.25, -0.2) is 4.57 Å². The first-order valence-electron chi connectivity index (χ1n) is 34.7. The van der Waals surface area contributed by atoms with E-state index in [2.05, 4.69) is 111 Å². The van der Waals surface area contributed by atoms with Crippen molar-refractivity contribution in [2.75, 3.05) is 26.4 Å². The van der Waals surface area contributed by atoms with Gasteiger partial charge in [0.1, 0.15) is 6.61 Å². The molecule has 0 saturated heterocycles. The fraction of sp³-hybridized carbons (Fsp3) is 0.753. The molecule has 0 fully saturated rings. The molecule has 83 heavy (non-hydrogen) atoms. The van der Waals surface area contributed by atoms with Crippen molar-refractivity contribution in [2.24, 2.45) is 5.73 Å². The summed E-state index contributed by atoms with van der Waals surface area (Å²) in [6, 6.07) is 0. The Kier molecular flexibility index (Phi) is 65.5. The van der Waals surface area contributed by atoms with Gasteiger partial charge in [-0.05, 0) is 96.3 Å². The van der Waals surface area contributed by atoms with Crippen LogP contribution in [0.4, 0.5) is 0 Å². The second-order valence-corrected chi connectivity index (χ2v) is 24.5. The number of hydrogen-bond donors (Lipinski definition) is 2. The smallest absolute Gasteiger partial charge is 0.462 e.